The molecule has 2 aromatic heterocycles. The number of hydrogen-bond donors (Lipinski definition) is 3. The zero-order chi connectivity index (χ0) is 32.6. The van der Waals surface area contributed by atoms with Crippen LogP contribution in [0.3, 0.4) is 0 Å². The Kier molecular flexibility index (Phi) is 9.13. The highest BCUT2D eigenvalue weighted by Crippen LogP contribution is 2.39. The van der Waals surface area contributed by atoms with Gasteiger partial charge in [0.05, 0.1) is 27.7 Å². The first-order chi connectivity index (χ1) is 20.5. The smallest absolute Gasteiger partial charge is 0.405 e. The Hall–Kier alpha value is -4.35. The number of anilines is 1. The Morgan fingerprint density at radius 3 is 2.36 bits per heavy atom. The topological polar surface area (TPSA) is 140 Å². The summed E-state index contributed by atoms with van der Waals surface area (Å²) >= 11 is 6.36. The number of nitrogens with one attached hydrogen (secondary N) is 1. The molecule has 0 aliphatic carbocycles. The zero-order valence-corrected chi connectivity index (χ0v) is 25.1. The Labute approximate surface area is 255 Å². The average Bonchev–Trinajstić information content (AvgIpc) is 3.21. The molecule has 0 fully saturated rings. The molecule has 4 rings (SSSR count). The molecule has 232 valence electrons. The highest BCUT2D eigenvalue weighted by atomic mass is 35.5. The van der Waals surface area contributed by atoms with Gasteiger partial charge in [0.2, 0.25) is 0 Å². The molecule has 9 nitrogen and oxygen atoms in total. The highest BCUT2D eigenvalue weighted by molar-refractivity contribution is 7.92. The van der Waals surface area contributed by atoms with Crippen LogP contribution in [0.15, 0.2) is 42.5 Å². The molecular formula is C29H26ClF4N5O4S. The van der Waals surface area contributed by atoms with Gasteiger partial charge in [-0.25, -0.2) is 35.8 Å². The maximum Gasteiger partial charge on any atom is 0.405 e. The predicted molar refractivity (Wildman–Crippen MR) is 158 cm³/mol. The standard InChI is InChI=1S/C29H26ClF4N5O4S/c1-29(2,44(3,42)43)9-8-18-4-5-19(20-6-7-21(30)24-26(20)39(14-23(33)34)38-27(24)35)25(36-18)22(37-28(40)41)12-15-10-16(31)13-17(32)11-15/h4-7,10-11,13,22-23,37H,12,14H2,1-3H3,(H2,35,38)(H,40,41). The average molecular weight is 652 g/mol. The number of halogens is 5. The van der Waals surface area contributed by atoms with Crippen molar-refractivity contribution >= 4 is 44.3 Å². The number of nitrogen functional groups attached to an aromatic ring is 1. The van der Waals surface area contributed by atoms with Crippen LogP contribution in [-0.4, -0.2) is 51.8 Å². The Morgan fingerprint density at radius 2 is 1.77 bits per heavy atom. The predicted octanol–water partition coefficient (Wildman–Crippen LogP) is 5.60. The van der Waals surface area contributed by atoms with Crippen LogP contribution in [-0.2, 0) is 22.8 Å². The number of carboxylic acid groups (broad SMARTS) is 1. The Balaban J connectivity index is 2.02. The molecule has 1 atom stereocenters. The molecule has 1 amide bonds. The SMILES string of the molecule is CC(C)(C#Cc1ccc(-c2ccc(Cl)c3c(N)nn(CC(F)F)c23)c(C(Cc2cc(F)cc(F)c2)NC(=O)O)n1)S(C)(=O)=O. The van der Waals surface area contributed by atoms with Gasteiger partial charge in [0, 0.05) is 23.4 Å². The minimum atomic E-state index is -3.61. The summed E-state index contributed by atoms with van der Waals surface area (Å²) in [5.41, 5.74) is 6.71. The van der Waals surface area contributed by atoms with E-state index in [1.54, 1.807) is 0 Å². The van der Waals surface area contributed by atoms with Crippen LogP contribution in [0.4, 0.5) is 28.2 Å². The summed E-state index contributed by atoms with van der Waals surface area (Å²) in [6.07, 6.45) is -3.58. The maximum absolute atomic E-state index is 14.1. The molecule has 4 N–H and O–H groups in total. The number of nitrogens with zero attached hydrogens (tertiary/aromatic N) is 3. The molecule has 0 aliphatic rings. The summed E-state index contributed by atoms with van der Waals surface area (Å²) < 4.78 is 79.1. The zero-order valence-electron chi connectivity index (χ0n) is 23.5. The summed E-state index contributed by atoms with van der Waals surface area (Å²) in [6, 6.07) is 7.31. The van der Waals surface area contributed by atoms with Crippen LogP contribution in [0.1, 0.15) is 36.8 Å². The first-order valence-corrected chi connectivity index (χ1v) is 15.1. The van der Waals surface area contributed by atoms with Crippen molar-refractivity contribution in [3.05, 3.63) is 76.1 Å². The molecular weight excluding hydrogens is 626 g/mol. The molecule has 4 aromatic rings. The second kappa shape index (κ2) is 12.3. The van der Waals surface area contributed by atoms with E-state index in [1.165, 1.54) is 38.1 Å². The monoisotopic (exact) mass is 651 g/mol. The van der Waals surface area contributed by atoms with Gasteiger partial charge < -0.3 is 16.2 Å². The Bertz CT molecular complexity index is 1920. The number of amides is 1. The van der Waals surface area contributed by atoms with Gasteiger partial charge in [0.1, 0.15) is 28.6 Å². The number of carbonyl (C=O) groups is 1. The van der Waals surface area contributed by atoms with Crippen molar-refractivity contribution < 1.29 is 35.9 Å². The molecule has 15 heteroatoms. The third-order valence-electron chi connectivity index (χ3n) is 6.80. The van der Waals surface area contributed by atoms with E-state index in [-0.39, 0.29) is 56.2 Å². The highest BCUT2D eigenvalue weighted by Gasteiger charge is 2.28. The van der Waals surface area contributed by atoms with Crippen molar-refractivity contribution in [1.82, 2.24) is 20.1 Å². The van der Waals surface area contributed by atoms with Gasteiger partial charge >= 0.3 is 6.09 Å². The van der Waals surface area contributed by atoms with Crippen molar-refractivity contribution in [3.8, 4) is 23.0 Å². The number of rotatable bonds is 8. The first-order valence-electron chi connectivity index (χ1n) is 12.9. The Morgan fingerprint density at radius 1 is 1.14 bits per heavy atom. The minimum absolute atomic E-state index is 0.00646. The van der Waals surface area contributed by atoms with E-state index < -0.39 is 51.3 Å². The molecule has 2 aromatic carbocycles. The van der Waals surface area contributed by atoms with Crippen LogP contribution in [0.25, 0.3) is 22.0 Å². The van der Waals surface area contributed by atoms with E-state index in [1.807, 2.05) is 0 Å². The molecule has 0 aliphatic heterocycles. The van der Waals surface area contributed by atoms with Crippen LogP contribution in [0.2, 0.25) is 5.02 Å². The van der Waals surface area contributed by atoms with Gasteiger partial charge in [-0.1, -0.05) is 23.6 Å². The summed E-state index contributed by atoms with van der Waals surface area (Å²) in [6.45, 7) is 1.96. The third kappa shape index (κ3) is 7.06. The number of sulfone groups is 1. The minimum Gasteiger partial charge on any atom is -0.465 e. The third-order valence-corrected chi connectivity index (χ3v) is 9.08. The van der Waals surface area contributed by atoms with E-state index in [9.17, 15) is 35.9 Å². The number of hydrogen-bond acceptors (Lipinski definition) is 6. The lowest BCUT2D eigenvalue weighted by Gasteiger charge is -2.21. The molecule has 0 saturated heterocycles. The first kappa shape index (κ1) is 32.6. The van der Waals surface area contributed by atoms with Crippen molar-refractivity contribution in [2.24, 2.45) is 0 Å². The van der Waals surface area contributed by atoms with Gasteiger partial charge in [-0.05, 0) is 62.1 Å². The maximum atomic E-state index is 14.1. The molecule has 0 spiro atoms. The van der Waals surface area contributed by atoms with Crippen LogP contribution < -0.4 is 11.1 Å². The number of nitrogens with two attached hydrogens (primary N) is 1. The van der Waals surface area contributed by atoms with Crippen LogP contribution in [0, 0.1) is 23.5 Å². The largest absolute Gasteiger partial charge is 0.465 e. The van der Waals surface area contributed by atoms with E-state index >= 15 is 0 Å². The van der Waals surface area contributed by atoms with Gasteiger partial charge in [-0.3, -0.25) is 4.68 Å². The number of pyridine rings is 1. The molecule has 1 unspecified atom stereocenters. The fourth-order valence-electron chi connectivity index (χ4n) is 4.46. The molecule has 0 bridgehead atoms. The van der Waals surface area contributed by atoms with E-state index in [2.05, 4.69) is 27.2 Å². The molecule has 44 heavy (non-hydrogen) atoms. The fraction of sp³-hybridized carbons (Fsp3) is 0.276. The number of fused-ring (bicyclic) bond motifs is 1. The van der Waals surface area contributed by atoms with E-state index in [4.69, 9.17) is 17.3 Å². The van der Waals surface area contributed by atoms with Crippen LogP contribution in [0.5, 0.6) is 0 Å². The fourth-order valence-corrected chi connectivity index (χ4v) is 4.95. The van der Waals surface area contributed by atoms with Crippen molar-refractivity contribution in [3.63, 3.8) is 0 Å². The molecule has 0 saturated carbocycles. The van der Waals surface area contributed by atoms with E-state index in [0.29, 0.717) is 6.07 Å². The summed E-state index contributed by atoms with van der Waals surface area (Å²) in [5, 5.41) is 16.3. The van der Waals surface area contributed by atoms with Gasteiger partial charge in [0.15, 0.2) is 15.7 Å². The lowest BCUT2D eigenvalue weighted by atomic mass is 9.94. The van der Waals surface area contributed by atoms with E-state index in [0.717, 1.165) is 23.1 Å². The quantitative estimate of drug-likeness (QED) is 0.166. The van der Waals surface area contributed by atoms with Gasteiger partial charge in [-0.15, -0.1) is 0 Å². The van der Waals surface area contributed by atoms with Crippen molar-refractivity contribution in [2.45, 2.75) is 44.0 Å². The number of benzene rings is 2. The molecule has 0 radical (unpaired) electrons. The van der Waals surface area contributed by atoms with Crippen molar-refractivity contribution in [1.29, 1.82) is 0 Å². The summed E-state index contributed by atoms with van der Waals surface area (Å²) in [7, 11) is -3.61. The number of alkyl halides is 2. The van der Waals surface area contributed by atoms with Gasteiger partial charge in [-0.2, -0.15) is 5.10 Å². The lowest BCUT2D eigenvalue weighted by Crippen LogP contribution is -2.30. The van der Waals surface area contributed by atoms with Crippen molar-refractivity contribution in [2.75, 3.05) is 12.0 Å². The number of aromatic nitrogens is 3. The van der Waals surface area contributed by atoms with Crippen LogP contribution >= 0.6 is 11.6 Å². The normalized spacial score (nSPS) is 12.7. The summed E-state index contributed by atoms with van der Waals surface area (Å²) in [5.74, 6) is 3.44. The van der Waals surface area contributed by atoms with Gasteiger partial charge in [0.25, 0.3) is 6.43 Å². The molecule has 2 heterocycles. The summed E-state index contributed by atoms with van der Waals surface area (Å²) in [4.78, 5) is 16.5. The second-order valence-corrected chi connectivity index (χ2v) is 13.4. The lowest BCUT2D eigenvalue weighted by molar-refractivity contribution is 0.123. The second-order valence-electron chi connectivity index (χ2n) is 10.4.